The van der Waals surface area contributed by atoms with Crippen molar-refractivity contribution in [3.05, 3.63) is 42.1 Å². The highest BCUT2D eigenvalue weighted by Gasteiger charge is 2.35. The van der Waals surface area contributed by atoms with Gasteiger partial charge in [-0.1, -0.05) is 30.3 Å². The summed E-state index contributed by atoms with van der Waals surface area (Å²) in [5.74, 6) is -1.12. The number of hydrogen-bond acceptors (Lipinski definition) is 6. The van der Waals surface area contributed by atoms with Crippen LogP contribution in [0.15, 0.2) is 36.4 Å². The molecular formula is C18H21N3O5S. The van der Waals surface area contributed by atoms with Crippen LogP contribution < -0.4 is 0 Å². The maximum atomic E-state index is 12.5. The predicted molar refractivity (Wildman–Crippen MR) is 98.7 cm³/mol. The van der Waals surface area contributed by atoms with Crippen LogP contribution in [0.5, 0.6) is 0 Å². The first-order chi connectivity index (χ1) is 12.8. The number of ether oxygens (including phenoxy) is 1. The van der Waals surface area contributed by atoms with Gasteiger partial charge in [0.15, 0.2) is 15.9 Å². The molecule has 0 unspecified atom stereocenters. The number of nitrogens with zero attached hydrogens (tertiary/aromatic N) is 2. The highest BCUT2D eigenvalue weighted by Crippen LogP contribution is 2.19. The smallest absolute Gasteiger partial charge is 0.357 e. The van der Waals surface area contributed by atoms with Gasteiger partial charge in [0.2, 0.25) is 0 Å². The van der Waals surface area contributed by atoms with E-state index in [4.69, 9.17) is 4.74 Å². The molecule has 9 heteroatoms. The first-order valence-electron chi connectivity index (χ1n) is 8.56. The lowest BCUT2D eigenvalue weighted by Crippen LogP contribution is -2.44. The van der Waals surface area contributed by atoms with Crippen LogP contribution in [0.25, 0.3) is 11.3 Å². The molecule has 1 fully saturated rings. The molecule has 0 saturated carbocycles. The Kier molecular flexibility index (Phi) is 5.31. The van der Waals surface area contributed by atoms with Crippen molar-refractivity contribution >= 4 is 21.7 Å². The van der Waals surface area contributed by atoms with Crippen molar-refractivity contribution in [2.75, 3.05) is 18.6 Å². The van der Waals surface area contributed by atoms with Crippen molar-refractivity contribution in [3.8, 4) is 11.3 Å². The molecule has 1 aliphatic rings. The average Bonchev–Trinajstić information content (AvgIpc) is 3.28. The van der Waals surface area contributed by atoms with E-state index in [1.165, 1.54) is 18.9 Å². The molecule has 27 heavy (non-hydrogen) atoms. The molecule has 2 heterocycles. The molecule has 8 nitrogen and oxygen atoms in total. The van der Waals surface area contributed by atoms with E-state index in [0.29, 0.717) is 12.1 Å². The molecule has 144 valence electrons. The number of esters is 1. The second-order valence-corrected chi connectivity index (χ2v) is 8.82. The Hall–Kier alpha value is -2.68. The number of benzene rings is 1. The Morgan fingerprint density at radius 3 is 2.63 bits per heavy atom. The molecule has 1 aromatic heterocycles. The fourth-order valence-corrected chi connectivity index (χ4v) is 4.78. The van der Waals surface area contributed by atoms with Gasteiger partial charge in [-0.25, -0.2) is 13.2 Å². The Morgan fingerprint density at radius 1 is 1.30 bits per heavy atom. The van der Waals surface area contributed by atoms with E-state index in [2.05, 4.69) is 10.2 Å². The number of aromatic nitrogens is 2. The van der Waals surface area contributed by atoms with Gasteiger partial charge in [-0.15, -0.1) is 0 Å². The number of carbonyl (C=O) groups is 2. The quantitative estimate of drug-likeness (QED) is 0.769. The third kappa shape index (κ3) is 4.36. The Morgan fingerprint density at radius 2 is 2.00 bits per heavy atom. The second-order valence-electron chi connectivity index (χ2n) is 6.59. The zero-order valence-electron chi connectivity index (χ0n) is 15.1. The molecule has 3 rings (SSSR count). The molecule has 1 aliphatic heterocycles. The molecule has 2 atom stereocenters. The van der Waals surface area contributed by atoms with Crippen LogP contribution in [0.4, 0.5) is 0 Å². The minimum atomic E-state index is -3.10. The molecule has 0 bridgehead atoms. The lowest BCUT2D eigenvalue weighted by Gasteiger charge is -2.26. The standard InChI is InChI=1S/C18H21N3O5S/c1-12(17(22)21(2)14-8-9-27(24,25)11-14)26-18(23)16-10-15(19-20-16)13-6-4-3-5-7-13/h3-7,10,12,14H,8-9,11H2,1-2H3,(H,19,20)/t12-,14-/m0/s1. The van der Waals surface area contributed by atoms with E-state index in [0.717, 1.165) is 5.56 Å². The molecule has 1 N–H and O–H groups in total. The van der Waals surface area contributed by atoms with Gasteiger partial charge in [0.1, 0.15) is 5.69 Å². The van der Waals surface area contributed by atoms with Crippen molar-refractivity contribution < 1.29 is 22.7 Å². The largest absolute Gasteiger partial charge is 0.448 e. The Labute approximate surface area is 157 Å². The van der Waals surface area contributed by atoms with Gasteiger partial charge in [0, 0.05) is 18.7 Å². The van der Waals surface area contributed by atoms with E-state index in [1.807, 2.05) is 30.3 Å². The van der Waals surface area contributed by atoms with Crippen molar-refractivity contribution in [2.24, 2.45) is 0 Å². The third-order valence-electron chi connectivity index (χ3n) is 4.60. The van der Waals surface area contributed by atoms with E-state index in [9.17, 15) is 18.0 Å². The normalized spacial score (nSPS) is 19.4. The fourth-order valence-electron chi connectivity index (χ4n) is 3.01. The molecule has 0 aliphatic carbocycles. The van der Waals surface area contributed by atoms with Crippen LogP contribution >= 0.6 is 0 Å². The summed E-state index contributed by atoms with van der Waals surface area (Å²) in [6.45, 7) is 1.47. The molecule has 1 amide bonds. The fraction of sp³-hybridized carbons (Fsp3) is 0.389. The number of likely N-dealkylation sites (N-methyl/N-ethyl adjacent to an activating group) is 1. The minimum absolute atomic E-state index is 0.0586. The van der Waals surface area contributed by atoms with Gasteiger partial charge in [-0.3, -0.25) is 9.89 Å². The number of nitrogens with one attached hydrogen (secondary N) is 1. The van der Waals surface area contributed by atoms with Gasteiger partial charge in [-0.05, 0) is 19.4 Å². The van der Waals surface area contributed by atoms with Crippen LogP contribution in [-0.2, 0) is 19.4 Å². The Balaban J connectivity index is 1.62. The lowest BCUT2D eigenvalue weighted by molar-refractivity contribution is -0.140. The third-order valence-corrected chi connectivity index (χ3v) is 6.35. The van der Waals surface area contributed by atoms with E-state index < -0.39 is 27.8 Å². The van der Waals surface area contributed by atoms with Crippen LogP contribution in [0.3, 0.4) is 0 Å². The van der Waals surface area contributed by atoms with Gasteiger partial charge < -0.3 is 9.64 Å². The SMILES string of the molecule is C[C@H](OC(=O)c1cc(-c2ccccc2)n[nH]1)C(=O)N(C)[C@H]1CCS(=O)(=O)C1. The zero-order chi connectivity index (χ0) is 19.6. The molecular weight excluding hydrogens is 370 g/mol. The molecule has 0 spiro atoms. The van der Waals surface area contributed by atoms with E-state index in [-0.39, 0.29) is 23.2 Å². The van der Waals surface area contributed by atoms with Gasteiger partial charge in [-0.2, -0.15) is 5.10 Å². The molecule has 2 aromatic rings. The maximum Gasteiger partial charge on any atom is 0.357 e. The Bertz CT molecular complexity index is 939. The highest BCUT2D eigenvalue weighted by atomic mass is 32.2. The number of carbonyl (C=O) groups excluding carboxylic acids is 2. The number of H-pyrrole nitrogens is 1. The van der Waals surface area contributed by atoms with Crippen LogP contribution in [0.2, 0.25) is 0 Å². The van der Waals surface area contributed by atoms with Crippen molar-refractivity contribution in [2.45, 2.75) is 25.5 Å². The summed E-state index contributed by atoms with van der Waals surface area (Å²) in [6.07, 6.45) is -0.638. The van der Waals surface area contributed by atoms with Gasteiger partial charge in [0.25, 0.3) is 5.91 Å². The summed E-state index contributed by atoms with van der Waals surface area (Å²) >= 11 is 0. The van der Waals surface area contributed by atoms with E-state index >= 15 is 0 Å². The van der Waals surface area contributed by atoms with E-state index in [1.54, 1.807) is 6.07 Å². The number of aromatic amines is 1. The topological polar surface area (TPSA) is 109 Å². The molecule has 1 saturated heterocycles. The van der Waals surface area contributed by atoms with Crippen molar-refractivity contribution in [1.82, 2.24) is 15.1 Å². The number of amides is 1. The summed E-state index contributed by atoms with van der Waals surface area (Å²) < 4.78 is 28.4. The van der Waals surface area contributed by atoms with Crippen molar-refractivity contribution in [1.29, 1.82) is 0 Å². The first-order valence-corrected chi connectivity index (χ1v) is 10.4. The number of rotatable bonds is 5. The summed E-state index contributed by atoms with van der Waals surface area (Å²) in [5.41, 5.74) is 1.58. The van der Waals surface area contributed by atoms with Crippen LogP contribution in [0, 0.1) is 0 Å². The van der Waals surface area contributed by atoms with Crippen molar-refractivity contribution in [3.63, 3.8) is 0 Å². The summed E-state index contributed by atoms with van der Waals surface area (Å²) in [5, 5.41) is 6.70. The summed E-state index contributed by atoms with van der Waals surface area (Å²) in [7, 11) is -1.57. The number of hydrogen-bond donors (Lipinski definition) is 1. The predicted octanol–water partition coefficient (Wildman–Crippen LogP) is 1.27. The maximum absolute atomic E-state index is 12.5. The lowest BCUT2D eigenvalue weighted by atomic mass is 10.1. The van der Waals surface area contributed by atoms with Crippen LogP contribution in [-0.4, -0.2) is 66.1 Å². The monoisotopic (exact) mass is 391 g/mol. The first kappa shape index (κ1) is 19.1. The van der Waals surface area contributed by atoms with Crippen LogP contribution in [0.1, 0.15) is 23.8 Å². The zero-order valence-corrected chi connectivity index (χ0v) is 15.9. The minimum Gasteiger partial charge on any atom is -0.448 e. The molecule has 0 radical (unpaired) electrons. The highest BCUT2D eigenvalue weighted by molar-refractivity contribution is 7.91. The number of sulfone groups is 1. The van der Waals surface area contributed by atoms with Gasteiger partial charge >= 0.3 is 5.97 Å². The average molecular weight is 391 g/mol. The second kappa shape index (κ2) is 7.51. The van der Waals surface area contributed by atoms with Gasteiger partial charge in [0.05, 0.1) is 17.2 Å². The summed E-state index contributed by atoms with van der Waals surface area (Å²) in [6, 6.07) is 10.5. The summed E-state index contributed by atoms with van der Waals surface area (Å²) in [4.78, 5) is 26.1. The molecule has 1 aromatic carbocycles.